The molecule has 0 radical (unpaired) electrons. The number of nitrogens with zero attached hydrogens (tertiary/aromatic N) is 2. The van der Waals surface area contributed by atoms with Crippen LogP contribution in [-0.2, 0) is 0 Å². The monoisotopic (exact) mass is 266 g/mol. The molecule has 0 saturated heterocycles. The van der Waals surface area contributed by atoms with E-state index in [0.717, 1.165) is 28.2 Å². The van der Waals surface area contributed by atoms with Gasteiger partial charge >= 0.3 is 0 Å². The van der Waals surface area contributed by atoms with Crippen molar-refractivity contribution in [1.29, 1.82) is 0 Å². The topological polar surface area (TPSA) is 53.6 Å². The lowest BCUT2D eigenvalue weighted by molar-refractivity contribution is 0.867. The first kappa shape index (κ1) is 12.7. The zero-order valence-electron chi connectivity index (χ0n) is 11.9. The van der Waals surface area contributed by atoms with Crippen LogP contribution in [-0.4, -0.2) is 15.0 Å². The van der Waals surface area contributed by atoms with Crippen molar-refractivity contribution >= 4 is 22.5 Å². The minimum absolute atomic E-state index is 0.544. The van der Waals surface area contributed by atoms with Gasteiger partial charge < -0.3 is 10.3 Å². The van der Waals surface area contributed by atoms with E-state index in [2.05, 4.69) is 64.4 Å². The van der Waals surface area contributed by atoms with Gasteiger partial charge in [0.25, 0.3) is 0 Å². The van der Waals surface area contributed by atoms with E-state index in [0.29, 0.717) is 5.92 Å². The molecule has 0 saturated carbocycles. The molecule has 0 bridgehead atoms. The van der Waals surface area contributed by atoms with Crippen LogP contribution in [0.1, 0.15) is 31.0 Å². The van der Waals surface area contributed by atoms with E-state index in [4.69, 9.17) is 0 Å². The first-order valence-electron chi connectivity index (χ1n) is 6.81. The molecule has 0 fully saturated rings. The van der Waals surface area contributed by atoms with Crippen molar-refractivity contribution in [1.82, 2.24) is 15.0 Å². The van der Waals surface area contributed by atoms with E-state index in [-0.39, 0.29) is 0 Å². The highest BCUT2D eigenvalue weighted by Crippen LogP contribution is 2.24. The van der Waals surface area contributed by atoms with Crippen LogP contribution in [0.5, 0.6) is 0 Å². The maximum absolute atomic E-state index is 4.33. The lowest BCUT2D eigenvalue weighted by Crippen LogP contribution is -1.95. The number of hydrogen-bond acceptors (Lipinski definition) is 3. The zero-order valence-corrected chi connectivity index (χ0v) is 11.9. The molecule has 0 aliphatic carbocycles. The van der Waals surface area contributed by atoms with Crippen molar-refractivity contribution in [3.8, 4) is 0 Å². The number of H-pyrrole nitrogens is 1. The molecule has 2 N–H and O–H groups in total. The number of benzene rings is 1. The molecular weight excluding hydrogens is 248 g/mol. The molecule has 0 amide bonds. The molecule has 2 aromatic heterocycles. The molecule has 4 nitrogen and oxygen atoms in total. The maximum atomic E-state index is 4.33. The van der Waals surface area contributed by atoms with Gasteiger partial charge in [0.05, 0.1) is 5.39 Å². The molecule has 3 aromatic rings. The van der Waals surface area contributed by atoms with Gasteiger partial charge in [0.1, 0.15) is 17.8 Å². The molecule has 0 spiro atoms. The second kappa shape index (κ2) is 4.96. The second-order valence-corrected chi connectivity index (χ2v) is 5.34. The summed E-state index contributed by atoms with van der Waals surface area (Å²) in [5, 5.41) is 4.37. The molecule has 102 valence electrons. The Morgan fingerprint density at radius 1 is 1.10 bits per heavy atom. The summed E-state index contributed by atoms with van der Waals surface area (Å²) in [4.78, 5) is 11.8. The van der Waals surface area contributed by atoms with Crippen LogP contribution in [0.25, 0.3) is 11.0 Å². The van der Waals surface area contributed by atoms with Gasteiger partial charge in [0, 0.05) is 11.4 Å². The first-order valence-corrected chi connectivity index (χ1v) is 6.81. The Balaban J connectivity index is 1.92. The minimum Gasteiger partial charge on any atom is -0.343 e. The molecule has 0 aliphatic heterocycles. The highest BCUT2D eigenvalue weighted by atomic mass is 15.0. The predicted octanol–water partition coefficient (Wildman–Crippen LogP) is 4.13. The van der Waals surface area contributed by atoms with E-state index < -0.39 is 0 Å². The highest BCUT2D eigenvalue weighted by Gasteiger charge is 2.06. The molecule has 1 aromatic carbocycles. The summed E-state index contributed by atoms with van der Waals surface area (Å²) in [6, 6.07) is 10.5. The van der Waals surface area contributed by atoms with Crippen LogP contribution >= 0.6 is 0 Å². The van der Waals surface area contributed by atoms with E-state index in [1.165, 1.54) is 5.56 Å². The Labute approximate surface area is 118 Å². The van der Waals surface area contributed by atoms with Crippen LogP contribution < -0.4 is 5.32 Å². The third kappa shape index (κ3) is 2.37. The fourth-order valence-electron chi connectivity index (χ4n) is 2.26. The lowest BCUT2D eigenvalue weighted by atomic mass is 10.0. The van der Waals surface area contributed by atoms with Crippen molar-refractivity contribution in [2.24, 2.45) is 0 Å². The van der Waals surface area contributed by atoms with Gasteiger partial charge in [-0.25, -0.2) is 9.97 Å². The van der Waals surface area contributed by atoms with Crippen LogP contribution in [0.4, 0.5) is 11.5 Å². The SMILES string of the molecule is Cc1cc2c(Nc3ccc(C(C)C)cc3)ncnc2[nH]1. The fraction of sp³-hybridized carbons (Fsp3) is 0.250. The number of aryl methyl sites for hydroxylation is 1. The highest BCUT2D eigenvalue weighted by molar-refractivity contribution is 5.89. The number of hydrogen-bond donors (Lipinski definition) is 2. The summed E-state index contributed by atoms with van der Waals surface area (Å²) in [5.74, 6) is 1.37. The molecule has 0 unspecified atom stereocenters. The Morgan fingerprint density at radius 3 is 2.55 bits per heavy atom. The molecular formula is C16H18N4. The van der Waals surface area contributed by atoms with E-state index in [1.807, 2.05) is 6.92 Å². The van der Waals surface area contributed by atoms with Gasteiger partial charge in [-0.05, 0) is 36.6 Å². The average molecular weight is 266 g/mol. The number of nitrogens with one attached hydrogen (secondary N) is 2. The van der Waals surface area contributed by atoms with Gasteiger partial charge in [-0.3, -0.25) is 0 Å². The van der Waals surface area contributed by atoms with Gasteiger partial charge in [-0.2, -0.15) is 0 Å². The summed E-state index contributed by atoms with van der Waals surface area (Å²) >= 11 is 0. The summed E-state index contributed by atoms with van der Waals surface area (Å²) in [7, 11) is 0. The molecule has 0 aliphatic rings. The Morgan fingerprint density at radius 2 is 1.85 bits per heavy atom. The Kier molecular flexibility index (Phi) is 3.14. The number of rotatable bonds is 3. The third-order valence-electron chi connectivity index (χ3n) is 3.40. The molecule has 4 heteroatoms. The summed E-state index contributed by atoms with van der Waals surface area (Å²) in [6.45, 7) is 6.40. The number of fused-ring (bicyclic) bond motifs is 1. The van der Waals surface area contributed by atoms with Gasteiger partial charge in [0.2, 0.25) is 0 Å². The maximum Gasteiger partial charge on any atom is 0.143 e. The minimum atomic E-state index is 0.544. The summed E-state index contributed by atoms with van der Waals surface area (Å²) < 4.78 is 0. The van der Waals surface area contributed by atoms with Crippen molar-refractivity contribution in [3.63, 3.8) is 0 Å². The molecule has 3 rings (SSSR count). The number of anilines is 2. The standard InChI is InChI=1S/C16H18N4/c1-10(2)12-4-6-13(7-5-12)20-16-14-8-11(3)19-15(14)17-9-18-16/h4-10H,1-3H3,(H2,17,18,19,20). The van der Waals surface area contributed by atoms with Gasteiger partial charge in [0.15, 0.2) is 0 Å². The average Bonchev–Trinajstić information content (AvgIpc) is 2.81. The summed E-state index contributed by atoms with van der Waals surface area (Å²) in [6.07, 6.45) is 1.57. The van der Waals surface area contributed by atoms with E-state index in [9.17, 15) is 0 Å². The zero-order chi connectivity index (χ0) is 14.1. The Bertz CT molecular complexity index is 726. The summed E-state index contributed by atoms with van der Waals surface area (Å²) in [5.41, 5.74) is 4.31. The van der Waals surface area contributed by atoms with Crippen molar-refractivity contribution in [3.05, 3.63) is 47.9 Å². The predicted molar refractivity (Wildman–Crippen MR) is 82.4 cm³/mol. The first-order chi connectivity index (χ1) is 9.63. The van der Waals surface area contributed by atoms with Crippen molar-refractivity contribution < 1.29 is 0 Å². The van der Waals surface area contributed by atoms with Crippen molar-refractivity contribution in [2.75, 3.05) is 5.32 Å². The van der Waals surface area contributed by atoms with Gasteiger partial charge in [-0.15, -0.1) is 0 Å². The van der Waals surface area contributed by atoms with Crippen LogP contribution in [0.2, 0.25) is 0 Å². The fourth-order valence-corrected chi connectivity index (χ4v) is 2.26. The van der Waals surface area contributed by atoms with Crippen LogP contribution in [0.15, 0.2) is 36.7 Å². The molecule has 0 atom stereocenters. The number of aromatic nitrogens is 3. The van der Waals surface area contributed by atoms with Gasteiger partial charge in [-0.1, -0.05) is 26.0 Å². The van der Waals surface area contributed by atoms with Crippen molar-refractivity contribution in [2.45, 2.75) is 26.7 Å². The second-order valence-electron chi connectivity index (χ2n) is 5.34. The Hall–Kier alpha value is -2.36. The smallest absolute Gasteiger partial charge is 0.143 e. The van der Waals surface area contributed by atoms with Crippen LogP contribution in [0, 0.1) is 6.92 Å². The quantitative estimate of drug-likeness (QED) is 0.749. The normalized spacial score (nSPS) is 11.2. The van der Waals surface area contributed by atoms with E-state index >= 15 is 0 Å². The number of aromatic amines is 1. The van der Waals surface area contributed by atoms with Crippen LogP contribution in [0.3, 0.4) is 0 Å². The van der Waals surface area contributed by atoms with E-state index in [1.54, 1.807) is 6.33 Å². The molecule has 20 heavy (non-hydrogen) atoms. The molecule has 2 heterocycles. The largest absolute Gasteiger partial charge is 0.343 e. The third-order valence-corrected chi connectivity index (χ3v) is 3.40. The lowest BCUT2D eigenvalue weighted by Gasteiger charge is -2.09.